The van der Waals surface area contributed by atoms with E-state index in [1.54, 1.807) is 12.1 Å². The first-order valence-electron chi connectivity index (χ1n) is 7.88. The zero-order valence-corrected chi connectivity index (χ0v) is 12.7. The largest absolute Gasteiger partial charge is 0.478 e. The average molecular weight is 288 g/mol. The summed E-state index contributed by atoms with van der Waals surface area (Å²) in [6.07, 6.45) is 3.88. The minimum absolute atomic E-state index is 0.389. The maximum absolute atomic E-state index is 11.1. The second-order valence-electron chi connectivity index (χ2n) is 6.48. The molecule has 0 bridgehead atoms. The topological polar surface area (TPSA) is 43.8 Å². The molecule has 4 heteroatoms. The van der Waals surface area contributed by atoms with Crippen LogP contribution in [0.1, 0.15) is 35.2 Å². The van der Waals surface area contributed by atoms with Crippen LogP contribution < -0.4 is 0 Å². The van der Waals surface area contributed by atoms with Crippen LogP contribution in [0.4, 0.5) is 0 Å². The van der Waals surface area contributed by atoms with Crippen molar-refractivity contribution < 1.29 is 9.90 Å². The Hall–Kier alpha value is -1.39. The number of carboxylic acid groups (broad SMARTS) is 1. The van der Waals surface area contributed by atoms with Crippen molar-refractivity contribution in [1.82, 2.24) is 9.80 Å². The van der Waals surface area contributed by atoms with Gasteiger partial charge in [-0.05, 0) is 63.0 Å². The van der Waals surface area contributed by atoms with Crippen molar-refractivity contribution in [2.45, 2.75) is 31.8 Å². The first-order chi connectivity index (χ1) is 10.1. The fourth-order valence-corrected chi connectivity index (χ4v) is 3.93. The summed E-state index contributed by atoms with van der Waals surface area (Å²) in [5, 5.41) is 9.08. The summed E-state index contributed by atoms with van der Waals surface area (Å²) in [7, 11) is 2.25. The number of aromatic carboxylic acids is 1. The lowest BCUT2D eigenvalue weighted by Gasteiger charge is -2.46. The normalized spacial score (nSPS) is 27.3. The van der Waals surface area contributed by atoms with Crippen molar-refractivity contribution in [2.24, 2.45) is 5.92 Å². The summed E-state index contributed by atoms with van der Waals surface area (Å²) in [6.45, 7) is 4.37. The molecule has 1 aromatic rings. The highest BCUT2D eigenvalue weighted by atomic mass is 16.4. The third-order valence-electron chi connectivity index (χ3n) is 5.01. The van der Waals surface area contributed by atoms with E-state index in [2.05, 4.69) is 16.8 Å². The Labute approximate surface area is 126 Å². The molecule has 0 aromatic heterocycles. The van der Waals surface area contributed by atoms with Gasteiger partial charge in [-0.2, -0.15) is 0 Å². The minimum atomic E-state index is -0.843. The molecule has 21 heavy (non-hydrogen) atoms. The van der Waals surface area contributed by atoms with Gasteiger partial charge in [0.2, 0.25) is 0 Å². The molecule has 2 heterocycles. The van der Waals surface area contributed by atoms with Gasteiger partial charge in [0.1, 0.15) is 0 Å². The van der Waals surface area contributed by atoms with Crippen molar-refractivity contribution in [3.63, 3.8) is 0 Å². The van der Waals surface area contributed by atoms with E-state index in [1.165, 1.54) is 25.8 Å². The van der Waals surface area contributed by atoms with Crippen LogP contribution in [0.5, 0.6) is 0 Å². The molecule has 0 saturated carbocycles. The molecular weight excluding hydrogens is 264 g/mol. The number of piperidine rings is 2. The predicted molar refractivity (Wildman–Crippen MR) is 82.4 cm³/mol. The molecule has 2 saturated heterocycles. The van der Waals surface area contributed by atoms with Crippen LogP contribution in [0.15, 0.2) is 24.3 Å². The third-order valence-corrected chi connectivity index (χ3v) is 5.01. The van der Waals surface area contributed by atoms with Crippen molar-refractivity contribution >= 4 is 5.97 Å². The van der Waals surface area contributed by atoms with Crippen LogP contribution >= 0.6 is 0 Å². The fourth-order valence-electron chi connectivity index (χ4n) is 3.93. The monoisotopic (exact) mass is 288 g/mol. The summed E-state index contributed by atoms with van der Waals surface area (Å²) in [6, 6.07) is 8.10. The zero-order chi connectivity index (χ0) is 14.8. The third kappa shape index (κ3) is 3.27. The van der Waals surface area contributed by atoms with Gasteiger partial charge in [-0.15, -0.1) is 0 Å². The fraction of sp³-hybridized carbons (Fsp3) is 0.588. The number of hydrogen-bond donors (Lipinski definition) is 1. The predicted octanol–water partition coefficient (Wildman–Crippen LogP) is 2.30. The van der Waals surface area contributed by atoms with Crippen LogP contribution in [-0.2, 0) is 6.54 Å². The minimum Gasteiger partial charge on any atom is -0.478 e. The molecule has 2 aliphatic heterocycles. The van der Waals surface area contributed by atoms with Gasteiger partial charge in [-0.25, -0.2) is 4.79 Å². The second kappa shape index (κ2) is 6.16. The number of carbonyl (C=O) groups is 1. The Bertz CT molecular complexity index is 517. The number of hydrogen-bond acceptors (Lipinski definition) is 3. The highest BCUT2D eigenvalue weighted by Crippen LogP contribution is 2.30. The first kappa shape index (κ1) is 14.5. The number of rotatable bonds is 3. The lowest BCUT2D eigenvalue weighted by molar-refractivity contribution is 0.0354. The van der Waals surface area contributed by atoms with Crippen LogP contribution in [0, 0.1) is 5.92 Å². The van der Waals surface area contributed by atoms with E-state index in [0.717, 1.165) is 37.2 Å². The molecule has 2 unspecified atom stereocenters. The van der Waals surface area contributed by atoms with Gasteiger partial charge in [0.05, 0.1) is 5.56 Å². The summed E-state index contributed by atoms with van der Waals surface area (Å²) < 4.78 is 0. The van der Waals surface area contributed by atoms with Crippen LogP contribution in [0.2, 0.25) is 0 Å². The SMILES string of the molecule is CN1CCCC2CN(Cc3cccc(C(=O)O)c3)CCC21. The van der Waals surface area contributed by atoms with Gasteiger partial charge in [-0.1, -0.05) is 12.1 Å². The summed E-state index contributed by atoms with van der Waals surface area (Å²) in [5.74, 6) is -0.0652. The van der Waals surface area contributed by atoms with Crippen molar-refractivity contribution in [3.05, 3.63) is 35.4 Å². The van der Waals surface area contributed by atoms with Crippen molar-refractivity contribution in [3.8, 4) is 0 Å². The molecule has 114 valence electrons. The highest BCUT2D eigenvalue weighted by Gasteiger charge is 2.33. The Morgan fingerprint density at radius 3 is 3.00 bits per heavy atom. The van der Waals surface area contributed by atoms with E-state index in [0.29, 0.717) is 5.56 Å². The molecular formula is C17H24N2O2. The number of carboxylic acids is 1. The smallest absolute Gasteiger partial charge is 0.335 e. The Morgan fingerprint density at radius 2 is 2.19 bits per heavy atom. The van der Waals surface area contributed by atoms with Crippen LogP contribution in [0.25, 0.3) is 0 Å². The van der Waals surface area contributed by atoms with Gasteiger partial charge in [0, 0.05) is 19.1 Å². The number of likely N-dealkylation sites (tertiary alicyclic amines) is 2. The van der Waals surface area contributed by atoms with E-state index in [9.17, 15) is 4.79 Å². The van der Waals surface area contributed by atoms with Gasteiger partial charge in [0.25, 0.3) is 0 Å². The van der Waals surface area contributed by atoms with E-state index in [-0.39, 0.29) is 0 Å². The first-order valence-corrected chi connectivity index (χ1v) is 7.88. The van der Waals surface area contributed by atoms with E-state index >= 15 is 0 Å². The molecule has 2 atom stereocenters. The molecule has 3 rings (SSSR count). The molecule has 0 amide bonds. The van der Waals surface area contributed by atoms with Crippen molar-refractivity contribution in [1.29, 1.82) is 0 Å². The Balaban J connectivity index is 1.64. The van der Waals surface area contributed by atoms with Crippen molar-refractivity contribution in [2.75, 3.05) is 26.7 Å². The average Bonchev–Trinajstić information content (AvgIpc) is 2.47. The lowest BCUT2D eigenvalue weighted by Crippen LogP contribution is -2.52. The van der Waals surface area contributed by atoms with E-state index in [1.807, 2.05) is 12.1 Å². The quantitative estimate of drug-likeness (QED) is 0.927. The number of fused-ring (bicyclic) bond motifs is 1. The van der Waals surface area contributed by atoms with Gasteiger partial charge < -0.3 is 10.0 Å². The van der Waals surface area contributed by atoms with Gasteiger partial charge in [0.15, 0.2) is 0 Å². The molecule has 0 radical (unpaired) electrons. The molecule has 4 nitrogen and oxygen atoms in total. The Morgan fingerprint density at radius 1 is 1.33 bits per heavy atom. The zero-order valence-electron chi connectivity index (χ0n) is 12.7. The Kier molecular flexibility index (Phi) is 4.27. The lowest BCUT2D eigenvalue weighted by atomic mass is 9.84. The van der Waals surface area contributed by atoms with Crippen LogP contribution in [0.3, 0.4) is 0 Å². The molecule has 2 aliphatic rings. The molecule has 0 aliphatic carbocycles. The summed E-state index contributed by atoms with van der Waals surface area (Å²) in [4.78, 5) is 16.1. The number of benzene rings is 1. The number of nitrogens with zero attached hydrogens (tertiary/aromatic N) is 2. The van der Waals surface area contributed by atoms with E-state index in [4.69, 9.17) is 5.11 Å². The van der Waals surface area contributed by atoms with E-state index < -0.39 is 5.97 Å². The molecule has 0 spiro atoms. The molecule has 2 fully saturated rings. The molecule has 1 N–H and O–H groups in total. The standard InChI is InChI=1S/C17H24N2O2/c1-18-8-3-6-15-12-19(9-7-16(15)18)11-13-4-2-5-14(10-13)17(20)21/h2,4-5,10,15-16H,3,6-9,11-12H2,1H3,(H,20,21). The molecule has 1 aromatic carbocycles. The second-order valence-corrected chi connectivity index (χ2v) is 6.48. The van der Waals surface area contributed by atoms with Gasteiger partial charge >= 0.3 is 5.97 Å². The maximum atomic E-state index is 11.1. The summed E-state index contributed by atoms with van der Waals surface area (Å²) >= 11 is 0. The summed E-state index contributed by atoms with van der Waals surface area (Å²) in [5.41, 5.74) is 1.50. The van der Waals surface area contributed by atoms with Crippen LogP contribution in [-0.4, -0.2) is 53.6 Å². The van der Waals surface area contributed by atoms with Gasteiger partial charge in [-0.3, -0.25) is 4.90 Å². The highest BCUT2D eigenvalue weighted by molar-refractivity contribution is 5.87. The maximum Gasteiger partial charge on any atom is 0.335 e.